The molecule has 20 heavy (non-hydrogen) atoms. The van der Waals surface area contributed by atoms with Gasteiger partial charge in [-0.25, -0.2) is 0 Å². The average Bonchev–Trinajstić information content (AvgIpc) is 2.47. The molecule has 0 aromatic heterocycles. The molecule has 0 bridgehead atoms. The molecular formula is C15H15N3O2. The number of aliphatic hydroxyl groups excluding tert-OH is 1. The Hall–Kier alpha value is -2.36. The van der Waals surface area contributed by atoms with Crippen LogP contribution in [0, 0.1) is 0 Å². The lowest BCUT2D eigenvalue weighted by molar-refractivity contribution is -0.118. The number of aliphatic hydroxyl groups is 1. The third-order valence-corrected chi connectivity index (χ3v) is 3.21. The standard InChI is InChI=1S/C15H15N3O2/c16-18-17-15-12(13(19)9-10-14(15)20)8-4-7-11-5-2-1-3-6-11/h1-8,14-15,20H,9-10H2. The number of carbonyl (C=O) groups excluding carboxylic acids is 1. The van der Waals surface area contributed by atoms with E-state index in [2.05, 4.69) is 10.0 Å². The molecule has 0 aliphatic heterocycles. The maximum atomic E-state index is 11.9. The summed E-state index contributed by atoms with van der Waals surface area (Å²) < 4.78 is 0. The van der Waals surface area contributed by atoms with Crippen molar-refractivity contribution in [2.24, 2.45) is 5.11 Å². The van der Waals surface area contributed by atoms with Crippen LogP contribution < -0.4 is 0 Å². The normalized spacial score (nSPS) is 24.9. The molecule has 2 atom stereocenters. The molecule has 5 heteroatoms. The van der Waals surface area contributed by atoms with Gasteiger partial charge in [0.1, 0.15) is 0 Å². The van der Waals surface area contributed by atoms with Crippen molar-refractivity contribution >= 4 is 11.9 Å². The summed E-state index contributed by atoms with van der Waals surface area (Å²) in [7, 11) is 0. The molecular weight excluding hydrogens is 254 g/mol. The van der Waals surface area contributed by atoms with Crippen LogP contribution in [0.1, 0.15) is 18.4 Å². The van der Waals surface area contributed by atoms with Crippen LogP contribution in [0.25, 0.3) is 16.5 Å². The predicted molar refractivity (Wildman–Crippen MR) is 76.7 cm³/mol. The van der Waals surface area contributed by atoms with Crippen LogP contribution >= 0.6 is 0 Å². The minimum absolute atomic E-state index is 0.0783. The molecule has 0 radical (unpaired) electrons. The van der Waals surface area contributed by atoms with E-state index in [1.54, 1.807) is 12.2 Å². The van der Waals surface area contributed by atoms with Crippen molar-refractivity contribution in [1.29, 1.82) is 0 Å². The van der Waals surface area contributed by atoms with E-state index in [9.17, 15) is 9.90 Å². The first kappa shape index (κ1) is 14.1. The van der Waals surface area contributed by atoms with Crippen LogP contribution in [0.4, 0.5) is 0 Å². The first-order valence-corrected chi connectivity index (χ1v) is 6.41. The Morgan fingerprint density at radius 2 is 2.10 bits per heavy atom. The monoisotopic (exact) mass is 269 g/mol. The van der Waals surface area contributed by atoms with Crippen LogP contribution in [0.3, 0.4) is 0 Å². The van der Waals surface area contributed by atoms with Crippen molar-refractivity contribution in [3.8, 4) is 0 Å². The fourth-order valence-electron chi connectivity index (χ4n) is 2.17. The van der Waals surface area contributed by atoms with Crippen LogP contribution in [-0.4, -0.2) is 23.0 Å². The summed E-state index contributed by atoms with van der Waals surface area (Å²) in [6.45, 7) is 0. The van der Waals surface area contributed by atoms with Crippen molar-refractivity contribution in [3.63, 3.8) is 0 Å². The largest absolute Gasteiger partial charge is 0.392 e. The molecule has 0 amide bonds. The van der Waals surface area contributed by atoms with Crippen molar-refractivity contribution in [2.75, 3.05) is 0 Å². The van der Waals surface area contributed by atoms with Crippen molar-refractivity contribution < 1.29 is 9.90 Å². The van der Waals surface area contributed by atoms with E-state index in [0.29, 0.717) is 12.0 Å². The number of ketones is 1. The molecule has 2 unspecified atom stereocenters. The van der Waals surface area contributed by atoms with Crippen LogP contribution in [0.15, 0.2) is 53.2 Å². The number of carbonyl (C=O) groups is 1. The topological polar surface area (TPSA) is 86.1 Å². The average molecular weight is 269 g/mol. The van der Waals surface area contributed by atoms with Crippen LogP contribution in [0.5, 0.6) is 0 Å². The molecule has 1 aliphatic carbocycles. The van der Waals surface area contributed by atoms with E-state index < -0.39 is 12.1 Å². The number of hydrogen-bond acceptors (Lipinski definition) is 3. The fourth-order valence-corrected chi connectivity index (χ4v) is 2.17. The summed E-state index contributed by atoms with van der Waals surface area (Å²) in [4.78, 5) is 14.6. The summed E-state index contributed by atoms with van der Waals surface area (Å²) in [5, 5.41) is 13.4. The molecule has 0 heterocycles. The highest BCUT2D eigenvalue weighted by molar-refractivity contribution is 5.98. The van der Waals surface area contributed by atoms with Gasteiger partial charge in [-0.3, -0.25) is 4.79 Å². The zero-order valence-electron chi connectivity index (χ0n) is 10.9. The fraction of sp³-hybridized carbons (Fsp3) is 0.267. The summed E-state index contributed by atoms with van der Waals surface area (Å²) in [5.41, 5.74) is 9.91. The number of rotatable bonds is 3. The second-order valence-electron chi connectivity index (χ2n) is 4.57. The second kappa shape index (κ2) is 6.70. The Morgan fingerprint density at radius 3 is 2.80 bits per heavy atom. The van der Waals surface area contributed by atoms with Gasteiger partial charge in [0.05, 0.1) is 12.1 Å². The van der Waals surface area contributed by atoms with Gasteiger partial charge in [-0.1, -0.05) is 53.7 Å². The van der Waals surface area contributed by atoms with Gasteiger partial charge in [0.2, 0.25) is 0 Å². The molecule has 0 saturated heterocycles. The van der Waals surface area contributed by atoms with E-state index >= 15 is 0 Å². The van der Waals surface area contributed by atoms with Gasteiger partial charge in [0, 0.05) is 16.9 Å². The molecule has 1 fully saturated rings. The number of nitrogens with zero attached hydrogens (tertiary/aromatic N) is 3. The Bertz CT molecular complexity index is 586. The molecule has 2 rings (SSSR count). The quantitative estimate of drug-likeness (QED) is 0.396. The summed E-state index contributed by atoms with van der Waals surface area (Å²) in [5.74, 6) is -0.0783. The third-order valence-electron chi connectivity index (χ3n) is 3.21. The zero-order valence-corrected chi connectivity index (χ0v) is 10.9. The Kier molecular flexibility index (Phi) is 4.71. The first-order chi connectivity index (χ1) is 9.72. The third kappa shape index (κ3) is 3.35. The molecule has 1 N–H and O–H groups in total. The highest BCUT2D eigenvalue weighted by Gasteiger charge is 2.31. The van der Waals surface area contributed by atoms with E-state index in [-0.39, 0.29) is 12.2 Å². The van der Waals surface area contributed by atoms with Crippen LogP contribution in [-0.2, 0) is 4.79 Å². The lowest BCUT2D eigenvalue weighted by Gasteiger charge is -2.25. The number of hydrogen-bond donors (Lipinski definition) is 1. The van der Waals surface area contributed by atoms with Gasteiger partial charge < -0.3 is 5.11 Å². The summed E-state index contributed by atoms with van der Waals surface area (Å²) >= 11 is 0. The number of allylic oxidation sites excluding steroid dienone is 2. The highest BCUT2D eigenvalue weighted by Crippen LogP contribution is 2.24. The van der Waals surface area contributed by atoms with E-state index in [1.807, 2.05) is 36.4 Å². The maximum absolute atomic E-state index is 11.9. The molecule has 102 valence electrons. The zero-order chi connectivity index (χ0) is 14.4. The Morgan fingerprint density at radius 1 is 1.35 bits per heavy atom. The SMILES string of the molecule is [N-]=[N+]=NC1C(=CC=Cc2ccccc2)C(=O)CCC1O. The van der Waals surface area contributed by atoms with Gasteiger partial charge >= 0.3 is 0 Å². The Labute approximate surface area is 116 Å². The second-order valence-corrected chi connectivity index (χ2v) is 4.57. The smallest absolute Gasteiger partial charge is 0.159 e. The molecule has 5 nitrogen and oxygen atoms in total. The molecule has 1 aromatic carbocycles. The van der Waals surface area contributed by atoms with E-state index in [4.69, 9.17) is 5.53 Å². The van der Waals surface area contributed by atoms with Crippen LogP contribution in [0.2, 0.25) is 0 Å². The molecule has 1 aromatic rings. The van der Waals surface area contributed by atoms with E-state index in [0.717, 1.165) is 5.56 Å². The Balaban J connectivity index is 2.22. The van der Waals surface area contributed by atoms with Gasteiger partial charge in [-0.05, 0) is 17.5 Å². The summed E-state index contributed by atoms with van der Waals surface area (Å²) in [6.07, 6.45) is 5.04. The van der Waals surface area contributed by atoms with Gasteiger partial charge in [0.25, 0.3) is 0 Å². The van der Waals surface area contributed by atoms with Crippen molar-refractivity contribution in [3.05, 3.63) is 64.1 Å². The molecule has 0 spiro atoms. The predicted octanol–water partition coefficient (Wildman–Crippen LogP) is 3.03. The van der Waals surface area contributed by atoms with Gasteiger partial charge in [-0.15, -0.1) is 0 Å². The number of Topliss-reactive ketones (excluding diaryl/α,β-unsaturated/α-hetero) is 1. The maximum Gasteiger partial charge on any atom is 0.159 e. The summed E-state index contributed by atoms with van der Waals surface area (Å²) in [6, 6.07) is 8.86. The lowest BCUT2D eigenvalue weighted by atomic mass is 9.86. The number of benzene rings is 1. The van der Waals surface area contributed by atoms with E-state index in [1.165, 1.54) is 0 Å². The molecule has 1 aliphatic rings. The van der Waals surface area contributed by atoms with Crippen molar-refractivity contribution in [2.45, 2.75) is 25.0 Å². The minimum Gasteiger partial charge on any atom is -0.392 e. The van der Waals surface area contributed by atoms with Gasteiger partial charge in [-0.2, -0.15) is 0 Å². The first-order valence-electron chi connectivity index (χ1n) is 6.41. The van der Waals surface area contributed by atoms with Crippen molar-refractivity contribution in [1.82, 2.24) is 0 Å². The lowest BCUT2D eigenvalue weighted by Crippen LogP contribution is -2.34. The molecule has 1 saturated carbocycles. The number of azide groups is 1. The minimum atomic E-state index is -0.792. The highest BCUT2D eigenvalue weighted by atomic mass is 16.3. The van der Waals surface area contributed by atoms with Gasteiger partial charge in [0.15, 0.2) is 5.78 Å².